The van der Waals surface area contributed by atoms with Gasteiger partial charge < -0.3 is 29.9 Å². The van der Waals surface area contributed by atoms with Gasteiger partial charge in [0.25, 0.3) is 11.1 Å². The molecule has 10 rings (SSSR count). The molecule has 5 aliphatic rings. The van der Waals surface area contributed by atoms with Crippen LogP contribution < -0.4 is 56.2 Å². The number of ether oxygens (including phenoxy) is 5. The van der Waals surface area contributed by atoms with Crippen LogP contribution in [0.5, 0.6) is 0 Å². The first-order chi connectivity index (χ1) is 46.4. The molecule has 5 saturated heterocycles. The van der Waals surface area contributed by atoms with Gasteiger partial charge >= 0.3 is 363 Å². The van der Waals surface area contributed by atoms with Crippen molar-refractivity contribution in [2.45, 2.75) is 190 Å². The molecule has 0 saturated carbocycles. The number of rotatable bonds is 18. The standard InChI is InChI=1S/C13H20N2O5S2.C13H20N2O5Se.C11H16N2O5Se.C10H13ClN2O5.C10H14N2O5Se/c1-3-4-21-22-10-9(17)8(6-16)20-12(10)15-5-7(2)11(18)14-13(15)19;1-3-4-21-10-9(17)8(6-16)20-12(10)15-5-7(2)11(18)14-13(15)19;1-5-3-13(11(17)12-9(5)16)10-8(19-2)7(15)6(4-14)18-10;1-4-2-13(10(17)12-8(4)16)9-6(11)7(15)5(3-14)18-9;1-4-2-12(10(16)11-8(4)15)9-7(18)6(14)5(3-13)17-9/h5,8-10,12,16-17H,3-4,6H2,1-2H3,(H,14,18,19);5,8-10,12,16-17H,3-4,6H2,1-2H3,(H,14,18,19);3,6-8,10,14-15H,4H2,1-2H3,(H,12,16,17);2,5-7,9,14-15H,3H2,1H3,(H,12,16,17);2,5-7,9,13-14,18H,3H2,1H3,(H,11,15,16)/t2*8?,9-,10?,12+;6?,7-,8?,10+;5?,6?,7-,9+;5?,6-,7?,9+/m00000/s1. The Kier molecular flexibility index (Phi) is 31.5. The Hall–Kier alpha value is -4.65. The molecule has 10 heterocycles. The maximum absolute atomic E-state index is 12.0. The second kappa shape index (κ2) is 37.5. The summed E-state index contributed by atoms with van der Waals surface area (Å²) in [4.78, 5) is 126. The third-order valence-corrected chi connectivity index (χ3v) is 25.9. The number of halogens is 1. The molecule has 0 aliphatic carbocycles. The first-order valence-corrected chi connectivity index (χ1v) is 39.3. The van der Waals surface area contributed by atoms with Crippen molar-refractivity contribution in [3.63, 3.8) is 0 Å². The van der Waals surface area contributed by atoms with E-state index >= 15 is 0 Å². The summed E-state index contributed by atoms with van der Waals surface area (Å²) >= 11 is 8.29. The van der Waals surface area contributed by atoms with Gasteiger partial charge in [-0.1, -0.05) is 28.5 Å². The van der Waals surface area contributed by atoms with Crippen LogP contribution in [0.4, 0.5) is 0 Å². The summed E-state index contributed by atoms with van der Waals surface area (Å²) in [5.41, 5.74) is -3.34. The molecule has 35 nitrogen and oxygen atoms in total. The first-order valence-electron chi connectivity index (χ1n) is 30.5. The van der Waals surface area contributed by atoms with Gasteiger partial charge in [0.2, 0.25) is 0 Å². The predicted octanol–water partition coefficient (Wildman–Crippen LogP) is -5.20. The van der Waals surface area contributed by atoms with Gasteiger partial charge in [-0.05, 0) is 20.3 Å². The van der Waals surface area contributed by atoms with E-state index in [-0.39, 0.29) is 66.0 Å². The minimum atomic E-state index is -1.08. The minimum absolute atomic E-state index is 0.0253. The molecule has 41 heteroatoms. The zero-order valence-corrected chi connectivity index (χ0v) is 61.8. The summed E-state index contributed by atoms with van der Waals surface area (Å²) in [6, 6.07) is 0. The molecule has 5 aromatic heterocycles. The Balaban J connectivity index is 0.000000194. The number of aliphatic hydroxyl groups is 10. The molecule has 5 aromatic rings. The maximum atomic E-state index is 12.0. The summed E-state index contributed by atoms with van der Waals surface area (Å²) in [6.45, 7) is 10.3. The van der Waals surface area contributed by atoms with E-state index in [0.717, 1.165) is 28.5 Å². The van der Waals surface area contributed by atoms with E-state index in [9.17, 15) is 83.7 Å². The number of hydrogen-bond acceptors (Lipinski definition) is 27. The summed E-state index contributed by atoms with van der Waals surface area (Å²) in [7, 11) is 3.02. The van der Waals surface area contributed by atoms with Crippen LogP contribution in [0.3, 0.4) is 0 Å². The molecule has 0 radical (unpaired) electrons. The number of nitrogens with one attached hydrogen (secondary N) is 5. The normalized spacial score (nSPS) is 30.2. The molecule has 15 N–H and O–H groups in total. The SMILES string of the molecule is CCCSSC1[C@@H](O)C(CO)O[C@H]1n1cc(C)c(=O)[nH]c1=O.CCC[Se]C1[C@@H](O)C(CO)O[C@H]1n1cc(C)c(=O)[nH]c1=O.C[Se]C1[C@@H](O)C(CO)O[C@H]1n1cc(C)c(=O)[nH]c1=O.Cc1cn([C@@H]2OC(CO)[C@H](O)C2Cl)c(=O)[nH]c1=O.Cc1cn([C@@H]2OC(CO)[C@H](O)C2[SeH])c(=O)[nH]c1=O. The summed E-state index contributed by atoms with van der Waals surface area (Å²) < 4.78 is 33.8. The summed E-state index contributed by atoms with van der Waals surface area (Å²) in [6.07, 6.45) is -2.87. The number of H-pyrrole nitrogens is 5. The van der Waals surface area contributed by atoms with Gasteiger partial charge in [0.15, 0.2) is 12.5 Å². The topological polar surface area (TPSA) is 523 Å². The van der Waals surface area contributed by atoms with E-state index in [1.165, 1.54) is 67.0 Å². The summed E-state index contributed by atoms with van der Waals surface area (Å²) in [5, 5.41) is 95.6. The second-order valence-electron chi connectivity index (χ2n) is 22.9. The molecule has 548 valence electrons. The van der Waals surface area contributed by atoms with Gasteiger partial charge in [-0.2, -0.15) is 0 Å². The zero-order chi connectivity index (χ0) is 72.9. The monoisotopic (exact) mass is 1650 g/mol. The first kappa shape index (κ1) is 82.3. The van der Waals surface area contributed by atoms with E-state index in [1.807, 2.05) is 5.82 Å². The van der Waals surface area contributed by atoms with Gasteiger partial charge in [0.1, 0.15) is 23.7 Å². The average molecular weight is 1640 g/mol. The molecule has 10 unspecified atom stereocenters. The number of aromatic nitrogens is 10. The Bertz CT molecular complexity index is 3990. The molecule has 0 spiro atoms. The Morgan fingerprint density at radius 2 is 0.755 bits per heavy atom. The van der Waals surface area contributed by atoms with E-state index in [0.29, 0.717) is 27.8 Å². The van der Waals surface area contributed by atoms with E-state index < -0.39 is 170 Å². The Morgan fingerprint density at radius 3 is 1.11 bits per heavy atom. The number of aromatic amines is 5. The number of aryl methyl sites for hydroxylation is 5. The molecule has 5 fully saturated rings. The molecule has 98 heavy (non-hydrogen) atoms. The van der Waals surface area contributed by atoms with Crippen LogP contribution in [0.25, 0.3) is 0 Å². The number of aliphatic hydroxyl groups excluding tert-OH is 10. The molecule has 0 amide bonds. The van der Waals surface area contributed by atoms with Crippen molar-refractivity contribution in [1.82, 2.24) is 47.8 Å². The molecular weight excluding hydrogens is 1560 g/mol. The number of nitrogens with zero attached hydrogens (tertiary/aromatic N) is 5. The summed E-state index contributed by atoms with van der Waals surface area (Å²) in [5.74, 6) is 2.84. The van der Waals surface area contributed by atoms with Crippen molar-refractivity contribution in [3.8, 4) is 0 Å². The predicted molar refractivity (Wildman–Crippen MR) is 360 cm³/mol. The fourth-order valence-corrected chi connectivity index (χ4v) is 18.9. The Morgan fingerprint density at radius 1 is 0.449 bits per heavy atom. The number of hydrogen-bond donors (Lipinski definition) is 15. The van der Waals surface area contributed by atoms with Crippen molar-refractivity contribution in [2.24, 2.45) is 0 Å². The quantitative estimate of drug-likeness (QED) is 0.0169. The van der Waals surface area contributed by atoms with E-state index in [4.69, 9.17) is 50.6 Å². The van der Waals surface area contributed by atoms with Gasteiger partial charge in [-0.15, -0.1) is 11.6 Å². The molecule has 20 atom stereocenters. The van der Waals surface area contributed by atoms with Crippen molar-refractivity contribution in [1.29, 1.82) is 0 Å². The second-order valence-corrected chi connectivity index (χ2v) is 32.2. The van der Waals surface area contributed by atoms with Gasteiger partial charge in [0, 0.05) is 29.3 Å². The van der Waals surface area contributed by atoms with Crippen LogP contribution in [0.15, 0.2) is 78.9 Å². The molecular formula is C57H83ClN10O25S2Se3. The third-order valence-electron chi connectivity index (χ3n) is 15.8. The van der Waals surface area contributed by atoms with Crippen LogP contribution in [-0.4, -0.2) is 255 Å². The molecule has 0 bridgehead atoms. The van der Waals surface area contributed by atoms with Crippen LogP contribution in [-0.2, 0) is 23.7 Å². The van der Waals surface area contributed by atoms with Crippen molar-refractivity contribution in [3.05, 3.63) is 163 Å². The fraction of sp³-hybridized carbons (Fsp3) is 0.649. The number of alkyl halides is 1. The Labute approximate surface area is 589 Å². The molecule has 0 aromatic carbocycles. The van der Waals surface area contributed by atoms with Crippen LogP contribution in [0.2, 0.25) is 25.6 Å². The van der Waals surface area contributed by atoms with Crippen molar-refractivity contribution >= 4 is 79.1 Å². The van der Waals surface area contributed by atoms with Crippen LogP contribution in [0, 0.1) is 34.6 Å². The third kappa shape index (κ3) is 19.3. The van der Waals surface area contributed by atoms with Gasteiger partial charge in [-0.3, -0.25) is 28.7 Å². The van der Waals surface area contributed by atoms with Crippen molar-refractivity contribution < 1.29 is 74.7 Å². The van der Waals surface area contributed by atoms with E-state index in [1.54, 1.807) is 38.5 Å². The van der Waals surface area contributed by atoms with Gasteiger partial charge in [0.05, 0.1) is 24.6 Å². The van der Waals surface area contributed by atoms with Crippen LogP contribution in [0.1, 0.15) is 85.6 Å². The van der Waals surface area contributed by atoms with E-state index in [2.05, 4.69) is 54.8 Å². The van der Waals surface area contributed by atoms with Crippen LogP contribution >= 0.6 is 33.2 Å². The van der Waals surface area contributed by atoms with Crippen molar-refractivity contribution in [2.75, 3.05) is 38.8 Å². The van der Waals surface area contributed by atoms with Gasteiger partial charge in [-0.25, -0.2) is 9.59 Å². The average Bonchev–Trinajstić information content (AvgIpc) is 1.62. The fourth-order valence-electron chi connectivity index (χ4n) is 10.3. The zero-order valence-electron chi connectivity index (χ0n) is 54.1. The molecule has 5 aliphatic heterocycles.